The van der Waals surface area contributed by atoms with Crippen molar-refractivity contribution in [2.75, 3.05) is 45.9 Å². The third-order valence-corrected chi connectivity index (χ3v) is 6.40. The SMILES string of the molecule is C=CCN(Cc1ccccc1)CC1CCN(C(=O)NC2CCN(C(=O)OCC)CC2)CC1. The maximum atomic E-state index is 12.7. The highest BCUT2D eigenvalue weighted by atomic mass is 16.6. The van der Waals surface area contributed by atoms with E-state index in [1.54, 1.807) is 4.90 Å². The van der Waals surface area contributed by atoms with E-state index in [4.69, 9.17) is 4.74 Å². The van der Waals surface area contributed by atoms with Gasteiger partial charge in [0.15, 0.2) is 0 Å². The van der Waals surface area contributed by atoms with Crippen molar-refractivity contribution < 1.29 is 14.3 Å². The molecular weight excluding hydrogens is 404 g/mol. The zero-order valence-electron chi connectivity index (χ0n) is 19.4. The molecule has 0 spiro atoms. The van der Waals surface area contributed by atoms with Crippen molar-refractivity contribution in [2.24, 2.45) is 5.92 Å². The molecule has 2 saturated heterocycles. The summed E-state index contributed by atoms with van der Waals surface area (Å²) in [4.78, 5) is 30.7. The number of piperidine rings is 2. The molecule has 7 heteroatoms. The van der Waals surface area contributed by atoms with E-state index in [0.29, 0.717) is 25.6 Å². The summed E-state index contributed by atoms with van der Waals surface area (Å²) in [5.41, 5.74) is 1.32. The van der Waals surface area contributed by atoms with Crippen LogP contribution in [-0.4, -0.2) is 78.7 Å². The number of rotatable bonds is 8. The Morgan fingerprint density at radius 1 is 1.09 bits per heavy atom. The van der Waals surface area contributed by atoms with Gasteiger partial charge in [-0.15, -0.1) is 6.58 Å². The molecular formula is C25H38N4O3. The number of nitrogens with zero attached hydrogens (tertiary/aromatic N) is 3. The first-order valence-corrected chi connectivity index (χ1v) is 11.9. The first-order chi connectivity index (χ1) is 15.6. The van der Waals surface area contributed by atoms with Crippen LogP contribution in [-0.2, 0) is 11.3 Å². The smallest absolute Gasteiger partial charge is 0.409 e. The number of benzene rings is 1. The average molecular weight is 443 g/mol. The Morgan fingerprint density at radius 3 is 2.38 bits per heavy atom. The first-order valence-electron chi connectivity index (χ1n) is 11.9. The van der Waals surface area contributed by atoms with Gasteiger partial charge in [0, 0.05) is 51.9 Å². The van der Waals surface area contributed by atoms with Gasteiger partial charge >= 0.3 is 12.1 Å². The van der Waals surface area contributed by atoms with Crippen LogP contribution in [0.2, 0.25) is 0 Å². The van der Waals surface area contributed by atoms with Crippen molar-refractivity contribution in [3.63, 3.8) is 0 Å². The summed E-state index contributed by atoms with van der Waals surface area (Å²) in [7, 11) is 0. The maximum absolute atomic E-state index is 12.7. The molecule has 1 aromatic rings. The molecule has 32 heavy (non-hydrogen) atoms. The lowest BCUT2D eigenvalue weighted by Gasteiger charge is -2.37. The third-order valence-electron chi connectivity index (χ3n) is 6.40. The van der Waals surface area contributed by atoms with E-state index in [1.807, 2.05) is 24.0 Å². The van der Waals surface area contributed by atoms with Crippen LogP contribution in [0.4, 0.5) is 9.59 Å². The van der Waals surface area contributed by atoms with E-state index in [-0.39, 0.29) is 18.2 Å². The molecule has 7 nitrogen and oxygen atoms in total. The molecule has 1 N–H and O–H groups in total. The molecule has 176 valence electrons. The Morgan fingerprint density at radius 2 is 1.75 bits per heavy atom. The van der Waals surface area contributed by atoms with Crippen LogP contribution in [0.25, 0.3) is 0 Å². The molecule has 2 heterocycles. The number of urea groups is 1. The number of nitrogens with one attached hydrogen (secondary N) is 1. The largest absolute Gasteiger partial charge is 0.450 e. The van der Waals surface area contributed by atoms with Gasteiger partial charge in [-0.2, -0.15) is 0 Å². The van der Waals surface area contributed by atoms with Crippen molar-refractivity contribution in [1.29, 1.82) is 0 Å². The second-order valence-corrected chi connectivity index (χ2v) is 8.81. The van der Waals surface area contributed by atoms with Gasteiger partial charge in [0.05, 0.1) is 6.61 Å². The predicted molar refractivity (Wildman–Crippen MR) is 126 cm³/mol. The van der Waals surface area contributed by atoms with E-state index >= 15 is 0 Å². The fourth-order valence-corrected chi connectivity index (χ4v) is 4.60. The van der Waals surface area contributed by atoms with Gasteiger partial charge in [-0.05, 0) is 44.1 Å². The monoisotopic (exact) mass is 442 g/mol. The van der Waals surface area contributed by atoms with Gasteiger partial charge in [-0.3, -0.25) is 4.90 Å². The van der Waals surface area contributed by atoms with Gasteiger partial charge in [0.2, 0.25) is 0 Å². The van der Waals surface area contributed by atoms with Crippen LogP contribution in [0, 0.1) is 5.92 Å². The summed E-state index contributed by atoms with van der Waals surface area (Å²) < 4.78 is 5.06. The van der Waals surface area contributed by atoms with Crippen molar-refractivity contribution in [3.8, 4) is 0 Å². The molecule has 2 fully saturated rings. The quantitative estimate of drug-likeness (QED) is 0.623. The molecule has 0 saturated carbocycles. The summed E-state index contributed by atoms with van der Waals surface area (Å²) in [6.07, 6.45) is 5.32. The second-order valence-electron chi connectivity index (χ2n) is 8.81. The molecule has 0 radical (unpaired) electrons. The number of likely N-dealkylation sites (tertiary alicyclic amines) is 2. The van der Waals surface area contributed by atoms with Crippen molar-refractivity contribution in [2.45, 2.75) is 45.2 Å². The second kappa shape index (κ2) is 12.5. The maximum Gasteiger partial charge on any atom is 0.409 e. The zero-order valence-corrected chi connectivity index (χ0v) is 19.4. The molecule has 0 aliphatic carbocycles. The van der Waals surface area contributed by atoms with E-state index in [9.17, 15) is 9.59 Å². The van der Waals surface area contributed by atoms with E-state index in [1.165, 1.54) is 5.56 Å². The predicted octanol–water partition coefficient (Wildman–Crippen LogP) is 3.72. The lowest BCUT2D eigenvalue weighted by molar-refractivity contribution is 0.0945. The fraction of sp³-hybridized carbons (Fsp3) is 0.600. The molecule has 0 bridgehead atoms. The van der Waals surface area contributed by atoms with Gasteiger partial charge in [-0.25, -0.2) is 9.59 Å². The van der Waals surface area contributed by atoms with Crippen LogP contribution < -0.4 is 5.32 Å². The van der Waals surface area contributed by atoms with Crippen molar-refractivity contribution in [3.05, 3.63) is 48.6 Å². The molecule has 3 rings (SSSR count). The minimum atomic E-state index is -0.253. The highest BCUT2D eigenvalue weighted by Crippen LogP contribution is 2.20. The van der Waals surface area contributed by atoms with E-state index in [0.717, 1.165) is 58.4 Å². The van der Waals surface area contributed by atoms with Gasteiger partial charge in [0.1, 0.15) is 0 Å². The minimum absolute atomic E-state index is 0.0327. The molecule has 0 unspecified atom stereocenters. The number of amides is 3. The summed E-state index contributed by atoms with van der Waals surface area (Å²) in [5.74, 6) is 0.593. The number of hydrogen-bond donors (Lipinski definition) is 1. The van der Waals surface area contributed by atoms with Crippen LogP contribution in [0.5, 0.6) is 0 Å². The van der Waals surface area contributed by atoms with E-state index in [2.05, 4.69) is 41.1 Å². The summed E-state index contributed by atoms with van der Waals surface area (Å²) >= 11 is 0. The Hall–Kier alpha value is -2.54. The lowest BCUT2D eigenvalue weighted by Crippen LogP contribution is -2.52. The minimum Gasteiger partial charge on any atom is -0.450 e. The van der Waals surface area contributed by atoms with Crippen LogP contribution in [0.1, 0.15) is 38.2 Å². The van der Waals surface area contributed by atoms with Crippen LogP contribution in [0.15, 0.2) is 43.0 Å². The summed E-state index contributed by atoms with van der Waals surface area (Å²) in [6, 6.07) is 10.7. The van der Waals surface area contributed by atoms with Gasteiger partial charge < -0.3 is 19.9 Å². The first kappa shape index (κ1) is 24.1. The topological polar surface area (TPSA) is 65.1 Å². The van der Waals surface area contributed by atoms with Crippen LogP contribution >= 0.6 is 0 Å². The normalized spacial score (nSPS) is 17.9. The Kier molecular flexibility index (Phi) is 9.41. The van der Waals surface area contributed by atoms with Crippen molar-refractivity contribution >= 4 is 12.1 Å². The Balaban J connectivity index is 1.38. The molecule has 1 aromatic carbocycles. The summed E-state index contributed by atoms with van der Waals surface area (Å²) in [5, 5.41) is 3.17. The molecule has 2 aliphatic rings. The fourth-order valence-electron chi connectivity index (χ4n) is 4.60. The Labute approximate surface area is 192 Å². The van der Waals surface area contributed by atoms with Crippen LogP contribution in [0.3, 0.4) is 0 Å². The standard InChI is InChI=1S/C25H38N4O3/c1-3-14-27(19-21-8-6-5-7-9-21)20-22-10-15-28(16-11-22)24(30)26-23-12-17-29(18-13-23)25(31)32-4-2/h3,5-9,22-23H,1,4,10-20H2,2H3,(H,26,30). The van der Waals surface area contributed by atoms with Gasteiger partial charge in [0.25, 0.3) is 0 Å². The third kappa shape index (κ3) is 7.26. The molecule has 3 amide bonds. The number of carbonyl (C=O) groups excluding carboxylic acids is 2. The Bertz CT molecular complexity index is 726. The molecule has 2 aliphatic heterocycles. The highest BCUT2D eigenvalue weighted by molar-refractivity contribution is 5.74. The molecule has 0 atom stereocenters. The highest BCUT2D eigenvalue weighted by Gasteiger charge is 2.28. The molecule has 0 aromatic heterocycles. The van der Waals surface area contributed by atoms with Gasteiger partial charge in [-0.1, -0.05) is 36.4 Å². The van der Waals surface area contributed by atoms with E-state index < -0.39 is 0 Å². The number of ether oxygens (including phenoxy) is 1. The number of carbonyl (C=O) groups is 2. The average Bonchev–Trinajstić information content (AvgIpc) is 2.81. The lowest BCUT2D eigenvalue weighted by atomic mass is 9.96. The summed E-state index contributed by atoms with van der Waals surface area (Å²) in [6.45, 7) is 11.8. The van der Waals surface area contributed by atoms with Crippen molar-refractivity contribution in [1.82, 2.24) is 20.0 Å². The zero-order chi connectivity index (χ0) is 22.8. The number of hydrogen-bond acceptors (Lipinski definition) is 4.